The third kappa shape index (κ3) is 2.83. The first-order chi connectivity index (χ1) is 6.58. The summed E-state index contributed by atoms with van der Waals surface area (Å²) >= 11 is 0. The Hall–Kier alpha value is -0.330. The van der Waals surface area contributed by atoms with Crippen LogP contribution in [-0.2, 0) is 4.79 Å². The average molecular weight is 196 g/mol. The largest absolute Gasteiger partial charge is 0.299 e. The van der Waals surface area contributed by atoms with E-state index in [2.05, 4.69) is 20.8 Å². The number of ketones is 1. The Morgan fingerprint density at radius 1 is 1.36 bits per heavy atom. The molecule has 1 saturated carbocycles. The van der Waals surface area contributed by atoms with Crippen LogP contribution in [0.25, 0.3) is 0 Å². The summed E-state index contributed by atoms with van der Waals surface area (Å²) in [6, 6.07) is 0. The molecular weight excluding hydrogens is 172 g/mol. The molecular formula is C13H24O. The van der Waals surface area contributed by atoms with E-state index in [-0.39, 0.29) is 5.41 Å². The fourth-order valence-electron chi connectivity index (χ4n) is 2.65. The lowest BCUT2D eigenvalue weighted by Crippen LogP contribution is -2.25. The maximum atomic E-state index is 11.9. The molecule has 1 fully saturated rings. The van der Waals surface area contributed by atoms with Crippen LogP contribution in [0.4, 0.5) is 0 Å². The van der Waals surface area contributed by atoms with Gasteiger partial charge in [-0.05, 0) is 24.7 Å². The van der Waals surface area contributed by atoms with E-state index in [0.717, 1.165) is 19.3 Å². The van der Waals surface area contributed by atoms with E-state index in [1.54, 1.807) is 0 Å². The van der Waals surface area contributed by atoms with E-state index < -0.39 is 0 Å². The molecule has 0 aromatic rings. The smallest absolute Gasteiger partial charge is 0.136 e. The second-order valence-electron chi connectivity index (χ2n) is 5.36. The SMILES string of the molecule is CCCCCC(=O)C1CCCC1(C)C. The molecule has 14 heavy (non-hydrogen) atoms. The lowest BCUT2D eigenvalue weighted by Gasteiger charge is -2.25. The van der Waals surface area contributed by atoms with Gasteiger partial charge in [0.1, 0.15) is 5.78 Å². The van der Waals surface area contributed by atoms with Crippen LogP contribution in [-0.4, -0.2) is 5.78 Å². The van der Waals surface area contributed by atoms with Gasteiger partial charge in [0.05, 0.1) is 0 Å². The molecule has 0 amide bonds. The predicted molar refractivity (Wildman–Crippen MR) is 60.3 cm³/mol. The Kier molecular flexibility index (Phi) is 4.15. The van der Waals surface area contributed by atoms with E-state index >= 15 is 0 Å². The monoisotopic (exact) mass is 196 g/mol. The van der Waals surface area contributed by atoms with Crippen molar-refractivity contribution in [3.05, 3.63) is 0 Å². The second-order valence-corrected chi connectivity index (χ2v) is 5.36. The maximum absolute atomic E-state index is 11.9. The van der Waals surface area contributed by atoms with Crippen molar-refractivity contribution in [2.24, 2.45) is 11.3 Å². The third-order valence-electron chi connectivity index (χ3n) is 3.67. The maximum Gasteiger partial charge on any atom is 0.136 e. The van der Waals surface area contributed by atoms with Crippen LogP contribution in [0.5, 0.6) is 0 Å². The van der Waals surface area contributed by atoms with E-state index in [9.17, 15) is 4.79 Å². The van der Waals surface area contributed by atoms with Gasteiger partial charge in [0.25, 0.3) is 0 Å². The van der Waals surface area contributed by atoms with Gasteiger partial charge in [0.2, 0.25) is 0 Å². The molecule has 0 spiro atoms. The number of hydrogen-bond acceptors (Lipinski definition) is 1. The van der Waals surface area contributed by atoms with Crippen LogP contribution < -0.4 is 0 Å². The Morgan fingerprint density at radius 3 is 2.57 bits per heavy atom. The number of carbonyl (C=O) groups excluding carboxylic acids is 1. The highest BCUT2D eigenvalue weighted by atomic mass is 16.1. The molecule has 0 aromatic heterocycles. The second kappa shape index (κ2) is 4.95. The zero-order valence-electron chi connectivity index (χ0n) is 9.94. The molecule has 1 rings (SSSR count). The van der Waals surface area contributed by atoms with Crippen LogP contribution in [0.15, 0.2) is 0 Å². The highest BCUT2D eigenvalue weighted by Crippen LogP contribution is 2.43. The van der Waals surface area contributed by atoms with Crippen molar-refractivity contribution < 1.29 is 4.79 Å². The first-order valence-electron chi connectivity index (χ1n) is 6.10. The topological polar surface area (TPSA) is 17.1 Å². The molecule has 1 aliphatic carbocycles. The molecule has 0 saturated heterocycles. The normalized spacial score (nSPS) is 25.2. The van der Waals surface area contributed by atoms with Crippen LogP contribution in [0.3, 0.4) is 0 Å². The van der Waals surface area contributed by atoms with Crippen molar-refractivity contribution in [3.63, 3.8) is 0 Å². The summed E-state index contributed by atoms with van der Waals surface area (Å²) < 4.78 is 0. The van der Waals surface area contributed by atoms with Gasteiger partial charge in [0, 0.05) is 12.3 Å². The van der Waals surface area contributed by atoms with Crippen LogP contribution >= 0.6 is 0 Å². The van der Waals surface area contributed by atoms with Crippen LogP contribution in [0, 0.1) is 11.3 Å². The Bertz CT molecular complexity index is 193. The van der Waals surface area contributed by atoms with Gasteiger partial charge in [-0.15, -0.1) is 0 Å². The molecule has 1 aliphatic rings. The molecule has 0 N–H and O–H groups in total. The number of Topliss-reactive ketones (excluding diaryl/α,β-unsaturated/α-hetero) is 1. The van der Waals surface area contributed by atoms with Gasteiger partial charge < -0.3 is 0 Å². The zero-order valence-corrected chi connectivity index (χ0v) is 9.94. The molecule has 0 aliphatic heterocycles. The lowest BCUT2D eigenvalue weighted by atomic mass is 9.78. The summed E-state index contributed by atoms with van der Waals surface area (Å²) in [5.41, 5.74) is 0.281. The standard InChI is InChI=1S/C13H24O/c1-4-5-6-9-12(14)11-8-7-10-13(11,2)3/h11H,4-10H2,1-3H3. The number of rotatable bonds is 5. The fraction of sp³-hybridized carbons (Fsp3) is 0.923. The fourth-order valence-corrected chi connectivity index (χ4v) is 2.65. The van der Waals surface area contributed by atoms with Crippen molar-refractivity contribution >= 4 is 5.78 Å². The minimum Gasteiger partial charge on any atom is -0.299 e. The van der Waals surface area contributed by atoms with Gasteiger partial charge in [0.15, 0.2) is 0 Å². The molecule has 1 nitrogen and oxygen atoms in total. The summed E-state index contributed by atoms with van der Waals surface area (Å²) in [5.74, 6) is 0.889. The van der Waals surface area contributed by atoms with Gasteiger partial charge in [-0.3, -0.25) is 4.79 Å². The highest BCUT2D eigenvalue weighted by molar-refractivity contribution is 5.82. The predicted octanol–water partition coefficient (Wildman–Crippen LogP) is 3.96. The van der Waals surface area contributed by atoms with Gasteiger partial charge in [-0.2, -0.15) is 0 Å². The van der Waals surface area contributed by atoms with Crippen molar-refractivity contribution in [1.29, 1.82) is 0 Å². The number of unbranched alkanes of at least 4 members (excludes halogenated alkanes) is 2. The summed E-state index contributed by atoms with van der Waals surface area (Å²) in [4.78, 5) is 11.9. The van der Waals surface area contributed by atoms with Crippen molar-refractivity contribution in [2.45, 2.75) is 65.7 Å². The van der Waals surface area contributed by atoms with Gasteiger partial charge >= 0.3 is 0 Å². The molecule has 0 bridgehead atoms. The van der Waals surface area contributed by atoms with Crippen molar-refractivity contribution in [3.8, 4) is 0 Å². The van der Waals surface area contributed by atoms with Gasteiger partial charge in [-0.1, -0.05) is 40.0 Å². The van der Waals surface area contributed by atoms with Crippen LogP contribution in [0.1, 0.15) is 65.7 Å². The first kappa shape index (κ1) is 11.7. The number of carbonyl (C=O) groups is 1. The first-order valence-corrected chi connectivity index (χ1v) is 6.10. The molecule has 1 atom stereocenters. The van der Waals surface area contributed by atoms with Crippen molar-refractivity contribution in [1.82, 2.24) is 0 Å². The van der Waals surface area contributed by atoms with E-state index in [0.29, 0.717) is 11.7 Å². The quantitative estimate of drug-likeness (QED) is 0.608. The third-order valence-corrected chi connectivity index (χ3v) is 3.67. The van der Waals surface area contributed by atoms with Crippen LogP contribution in [0.2, 0.25) is 0 Å². The molecule has 1 unspecified atom stereocenters. The summed E-state index contributed by atoms with van der Waals surface area (Å²) in [6.45, 7) is 6.69. The molecule has 82 valence electrons. The lowest BCUT2D eigenvalue weighted by molar-refractivity contribution is -0.125. The summed E-state index contributed by atoms with van der Waals surface area (Å²) in [7, 11) is 0. The Labute approximate surface area is 88.3 Å². The minimum atomic E-state index is 0.281. The van der Waals surface area contributed by atoms with Crippen molar-refractivity contribution in [2.75, 3.05) is 0 Å². The van der Waals surface area contributed by atoms with E-state index in [4.69, 9.17) is 0 Å². The summed E-state index contributed by atoms with van der Waals surface area (Å²) in [6.07, 6.45) is 7.95. The highest BCUT2D eigenvalue weighted by Gasteiger charge is 2.38. The molecule has 0 heterocycles. The van der Waals surface area contributed by atoms with E-state index in [1.165, 1.54) is 25.7 Å². The summed E-state index contributed by atoms with van der Waals surface area (Å²) in [5, 5.41) is 0. The Balaban J connectivity index is 2.36. The zero-order chi connectivity index (χ0) is 10.6. The number of hydrogen-bond donors (Lipinski definition) is 0. The molecule has 0 aromatic carbocycles. The molecule has 0 radical (unpaired) electrons. The molecule has 1 heteroatoms. The average Bonchev–Trinajstić information content (AvgIpc) is 2.45. The van der Waals surface area contributed by atoms with Gasteiger partial charge in [-0.25, -0.2) is 0 Å². The van der Waals surface area contributed by atoms with E-state index in [1.807, 2.05) is 0 Å². The Morgan fingerprint density at radius 2 is 2.07 bits per heavy atom. The minimum absolute atomic E-state index is 0.281.